The summed E-state index contributed by atoms with van der Waals surface area (Å²) >= 11 is 0. The number of benzene rings is 1. The minimum atomic E-state index is -0.608. The highest BCUT2D eigenvalue weighted by Gasteiger charge is 2.08. The van der Waals surface area contributed by atoms with E-state index in [9.17, 15) is 9.50 Å². The van der Waals surface area contributed by atoms with Gasteiger partial charge < -0.3 is 5.11 Å². The summed E-state index contributed by atoms with van der Waals surface area (Å²) in [6.45, 7) is 1.86. The highest BCUT2D eigenvalue weighted by molar-refractivity contribution is 5.65. The number of phenolic OH excluding ortho intramolecular Hbond substituents is 1. The normalized spacial score (nSPS) is 10.3. The standard InChI is InChI=1S/C12H10FNO/c1-8-5-6-9(7-14-8)10-3-2-4-11(15)12(10)13/h2-7,15H,1H3. The zero-order chi connectivity index (χ0) is 10.8. The van der Waals surface area contributed by atoms with E-state index in [1.807, 2.05) is 6.92 Å². The Kier molecular flexibility index (Phi) is 2.37. The Morgan fingerprint density at radius 3 is 2.67 bits per heavy atom. The Morgan fingerprint density at radius 2 is 2.00 bits per heavy atom. The van der Waals surface area contributed by atoms with Crippen molar-refractivity contribution >= 4 is 0 Å². The van der Waals surface area contributed by atoms with E-state index >= 15 is 0 Å². The van der Waals surface area contributed by atoms with Gasteiger partial charge in [0.15, 0.2) is 11.6 Å². The predicted octanol–water partition coefficient (Wildman–Crippen LogP) is 2.90. The molecule has 1 heterocycles. The lowest BCUT2D eigenvalue weighted by Crippen LogP contribution is -1.87. The van der Waals surface area contributed by atoms with Gasteiger partial charge in [0.1, 0.15) is 0 Å². The van der Waals surface area contributed by atoms with Crippen LogP contribution in [0.5, 0.6) is 5.75 Å². The van der Waals surface area contributed by atoms with E-state index in [0.29, 0.717) is 11.1 Å². The lowest BCUT2D eigenvalue weighted by molar-refractivity contribution is 0.433. The molecule has 0 radical (unpaired) electrons. The van der Waals surface area contributed by atoms with Crippen molar-refractivity contribution in [3.8, 4) is 16.9 Å². The monoisotopic (exact) mass is 203 g/mol. The van der Waals surface area contributed by atoms with Crippen LogP contribution in [0, 0.1) is 12.7 Å². The molecule has 0 saturated carbocycles. The summed E-state index contributed by atoms with van der Waals surface area (Å²) < 4.78 is 13.5. The highest BCUT2D eigenvalue weighted by Crippen LogP contribution is 2.27. The smallest absolute Gasteiger partial charge is 0.172 e. The van der Waals surface area contributed by atoms with Crippen molar-refractivity contribution in [2.75, 3.05) is 0 Å². The van der Waals surface area contributed by atoms with Crippen LogP contribution in [-0.2, 0) is 0 Å². The zero-order valence-electron chi connectivity index (χ0n) is 8.24. The first-order chi connectivity index (χ1) is 7.18. The molecule has 76 valence electrons. The van der Waals surface area contributed by atoms with Crippen LogP contribution in [0.15, 0.2) is 36.5 Å². The van der Waals surface area contributed by atoms with Gasteiger partial charge in [0.25, 0.3) is 0 Å². The third-order valence-corrected chi connectivity index (χ3v) is 2.20. The van der Waals surface area contributed by atoms with Gasteiger partial charge in [0.05, 0.1) is 0 Å². The maximum Gasteiger partial charge on any atom is 0.172 e. The van der Waals surface area contributed by atoms with E-state index in [2.05, 4.69) is 4.98 Å². The summed E-state index contributed by atoms with van der Waals surface area (Å²) in [4.78, 5) is 4.08. The van der Waals surface area contributed by atoms with Crippen molar-refractivity contribution in [3.63, 3.8) is 0 Å². The molecule has 3 heteroatoms. The maximum atomic E-state index is 13.5. The molecule has 0 aliphatic rings. The first-order valence-corrected chi connectivity index (χ1v) is 4.59. The Labute approximate surface area is 87.0 Å². The Hall–Kier alpha value is -1.90. The van der Waals surface area contributed by atoms with Gasteiger partial charge in [-0.15, -0.1) is 0 Å². The molecule has 0 atom stereocenters. The van der Waals surface area contributed by atoms with Crippen LogP contribution >= 0.6 is 0 Å². The van der Waals surface area contributed by atoms with Crippen molar-refractivity contribution < 1.29 is 9.50 Å². The predicted molar refractivity (Wildman–Crippen MR) is 56.0 cm³/mol. The van der Waals surface area contributed by atoms with Crippen molar-refractivity contribution in [1.29, 1.82) is 0 Å². The fourth-order valence-corrected chi connectivity index (χ4v) is 1.37. The first-order valence-electron chi connectivity index (χ1n) is 4.59. The van der Waals surface area contributed by atoms with Gasteiger partial charge in [-0.2, -0.15) is 0 Å². The number of nitrogens with zero attached hydrogens (tertiary/aromatic N) is 1. The number of aromatic nitrogens is 1. The topological polar surface area (TPSA) is 33.1 Å². The number of hydrogen-bond acceptors (Lipinski definition) is 2. The molecule has 1 aromatic heterocycles. The van der Waals surface area contributed by atoms with E-state index in [1.165, 1.54) is 6.07 Å². The van der Waals surface area contributed by atoms with Crippen LogP contribution in [0.25, 0.3) is 11.1 Å². The fourth-order valence-electron chi connectivity index (χ4n) is 1.37. The molecule has 0 amide bonds. The third kappa shape index (κ3) is 1.81. The second kappa shape index (κ2) is 3.69. The van der Waals surface area contributed by atoms with Crippen molar-refractivity contribution in [1.82, 2.24) is 4.98 Å². The van der Waals surface area contributed by atoms with E-state index in [1.54, 1.807) is 30.5 Å². The van der Waals surface area contributed by atoms with E-state index < -0.39 is 5.82 Å². The summed E-state index contributed by atoms with van der Waals surface area (Å²) in [5.74, 6) is -0.948. The first kappa shape index (κ1) is 9.65. The molecule has 15 heavy (non-hydrogen) atoms. The quantitative estimate of drug-likeness (QED) is 0.773. The summed E-state index contributed by atoms with van der Waals surface area (Å²) in [5.41, 5.74) is 1.90. The molecule has 0 aliphatic carbocycles. The Balaban J connectivity index is 2.54. The summed E-state index contributed by atoms with van der Waals surface area (Å²) in [6.07, 6.45) is 1.59. The van der Waals surface area contributed by atoms with Gasteiger partial charge in [-0.25, -0.2) is 4.39 Å². The van der Waals surface area contributed by atoms with Gasteiger partial charge in [-0.05, 0) is 19.1 Å². The number of hydrogen-bond donors (Lipinski definition) is 1. The Morgan fingerprint density at radius 1 is 1.20 bits per heavy atom. The summed E-state index contributed by atoms with van der Waals surface area (Å²) in [5, 5.41) is 9.22. The number of aryl methyl sites for hydroxylation is 1. The molecular weight excluding hydrogens is 193 g/mol. The average molecular weight is 203 g/mol. The lowest BCUT2D eigenvalue weighted by atomic mass is 10.1. The van der Waals surface area contributed by atoms with Crippen molar-refractivity contribution in [2.45, 2.75) is 6.92 Å². The molecule has 0 spiro atoms. The lowest BCUT2D eigenvalue weighted by Gasteiger charge is -2.04. The van der Waals surface area contributed by atoms with Crippen LogP contribution < -0.4 is 0 Å². The maximum absolute atomic E-state index is 13.5. The average Bonchev–Trinajstić information content (AvgIpc) is 2.24. The van der Waals surface area contributed by atoms with Crippen LogP contribution in [0.3, 0.4) is 0 Å². The fraction of sp³-hybridized carbons (Fsp3) is 0.0833. The second-order valence-electron chi connectivity index (χ2n) is 3.33. The number of rotatable bonds is 1. The molecule has 2 rings (SSSR count). The van der Waals surface area contributed by atoms with Gasteiger partial charge in [0, 0.05) is 23.0 Å². The molecule has 1 N–H and O–H groups in total. The van der Waals surface area contributed by atoms with Gasteiger partial charge >= 0.3 is 0 Å². The minimum absolute atomic E-state index is 0.340. The second-order valence-corrected chi connectivity index (χ2v) is 3.33. The van der Waals surface area contributed by atoms with E-state index in [-0.39, 0.29) is 5.75 Å². The van der Waals surface area contributed by atoms with Gasteiger partial charge in [-0.1, -0.05) is 18.2 Å². The summed E-state index contributed by atoms with van der Waals surface area (Å²) in [6, 6.07) is 8.12. The number of pyridine rings is 1. The number of aromatic hydroxyl groups is 1. The highest BCUT2D eigenvalue weighted by atomic mass is 19.1. The van der Waals surface area contributed by atoms with Crippen molar-refractivity contribution in [2.24, 2.45) is 0 Å². The molecule has 0 fully saturated rings. The minimum Gasteiger partial charge on any atom is -0.505 e. The van der Waals surface area contributed by atoms with Gasteiger partial charge in [-0.3, -0.25) is 4.98 Å². The number of halogens is 1. The molecule has 2 nitrogen and oxygen atoms in total. The Bertz CT molecular complexity index is 479. The SMILES string of the molecule is Cc1ccc(-c2cccc(O)c2F)cn1. The molecule has 0 unspecified atom stereocenters. The molecule has 0 aliphatic heterocycles. The molecule has 1 aromatic carbocycles. The van der Waals surface area contributed by atoms with Gasteiger partial charge in [0.2, 0.25) is 0 Å². The molecule has 0 bridgehead atoms. The van der Waals surface area contributed by atoms with Crippen LogP contribution in [0.2, 0.25) is 0 Å². The van der Waals surface area contributed by atoms with E-state index in [0.717, 1.165) is 5.69 Å². The van der Waals surface area contributed by atoms with Crippen LogP contribution in [0.1, 0.15) is 5.69 Å². The van der Waals surface area contributed by atoms with Crippen LogP contribution in [-0.4, -0.2) is 10.1 Å². The summed E-state index contributed by atoms with van der Waals surface area (Å²) in [7, 11) is 0. The number of phenols is 1. The van der Waals surface area contributed by atoms with Crippen LogP contribution in [0.4, 0.5) is 4.39 Å². The molecular formula is C12H10FNO. The largest absolute Gasteiger partial charge is 0.505 e. The molecule has 2 aromatic rings. The molecule has 0 saturated heterocycles. The van der Waals surface area contributed by atoms with E-state index in [4.69, 9.17) is 0 Å². The zero-order valence-corrected chi connectivity index (χ0v) is 8.24. The van der Waals surface area contributed by atoms with Crippen molar-refractivity contribution in [3.05, 3.63) is 48.0 Å². The third-order valence-electron chi connectivity index (χ3n) is 2.20.